The van der Waals surface area contributed by atoms with E-state index in [4.69, 9.17) is 23.2 Å². The maximum absolute atomic E-state index is 15.4. The molecular formula is C41H39Cl2N5O4. The molecule has 0 unspecified atom stereocenters. The van der Waals surface area contributed by atoms with Gasteiger partial charge in [0.2, 0.25) is 11.8 Å². The fourth-order valence-corrected chi connectivity index (χ4v) is 12.2. The summed E-state index contributed by atoms with van der Waals surface area (Å²) in [5.41, 5.74) is 0.887. The number of para-hydroxylation sites is 2. The van der Waals surface area contributed by atoms with E-state index in [1.54, 1.807) is 24.3 Å². The van der Waals surface area contributed by atoms with Crippen molar-refractivity contribution in [2.75, 3.05) is 36.8 Å². The Bertz CT molecular complexity index is 2140. The molecule has 0 bridgehead atoms. The Morgan fingerprint density at radius 2 is 1.54 bits per heavy atom. The molecule has 11 heteroatoms. The van der Waals surface area contributed by atoms with Crippen molar-refractivity contribution in [3.8, 4) is 0 Å². The molecule has 0 radical (unpaired) electrons. The van der Waals surface area contributed by atoms with Crippen LogP contribution in [0.2, 0.25) is 10.0 Å². The number of carbonyl (C=O) groups is 4. The molecule has 52 heavy (non-hydrogen) atoms. The SMILES string of the molecule is O=C(C[C@H]1C[C@H]2CCCN2[C@]12C(=O)Nc1ccccc12)N1C/C(=C\c2ccc(Cl)cc2Cl)C(=O)[C@]2(C[C@H]3CCCN3[C@@]23C(=O)Nc2ccccc23)C1. The molecular weight excluding hydrogens is 697 g/mol. The molecule has 3 aromatic rings. The molecule has 266 valence electrons. The summed E-state index contributed by atoms with van der Waals surface area (Å²) in [5, 5.41) is 7.18. The first kappa shape index (κ1) is 32.6. The van der Waals surface area contributed by atoms with Gasteiger partial charge < -0.3 is 15.5 Å². The second kappa shape index (κ2) is 11.5. The van der Waals surface area contributed by atoms with Crippen molar-refractivity contribution in [1.82, 2.24) is 14.7 Å². The number of nitrogens with one attached hydrogen (secondary N) is 2. The van der Waals surface area contributed by atoms with Gasteiger partial charge in [0.15, 0.2) is 5.78 Å². The Balaban J connectivity index is 1.10. The topological polar surface area (TPSA) is 102 Å². The number of halogens is 2. The Morgan fingerprint density at radius 1 is 0.846 bits per heavy atom. The summed E-state index contributed by atoms with van der Waals surface area (Å²) in [4.78, 5) is 65.6. The van der Waals surface area contributed by atoms with E-state index in [0.717, 1.165) is 55.5 Å². The number of piperidine rings is 1. The van der Waals surface area contributed by atoms with Crippen LogP contribution in [-0.4, -0.2) is 76.5 Å². The van der Waals surface area contributed by atoms with Crippen molar-refractivity contribution in [3.05, 3.63) is 99.0 Å². The fraction of sp³-hybridized carbons (Fsp3) is 0.415. The van der Waals surface area contributed by atoms with Gasteiger partial charge in [-0.2, -0.15) is 0 Å². The third kappa shape index (κ3) is 4.14. The van der Waals surface area contributed by atoms with Crippen LogP contribution in [-0.2, 0) is 30.3 Å². The van der Waals surface area contributed by atoms with Crippen molar-refractivity contribution in [1.29, 1.82) is 0 Å². The summed E-state index contributed by atoms with van der Waals surface area (Å²) >= 11 is 12.9. The van der Waals surface area contributed by atoms with E-state index in [-0.39, 0.29) is 61.0 Å². The van der Waals surface area contributed by atoms with E-state index in [1.807, 2.05) is 53.4 Å². The van der Waals surface area contributed by atoms with E-state index in [0.29, 0.717) is 39.8 Å². The molecule has 7 heterocycles. The highest BCUT2D eigenvalue weighted by molar-refractivity contribution is 6.35. The Morgan fingerprint density at radius 3 is 2.33 bits per heavy atom. The number of Topliss-reactive ketones (excluding diaryl/α,β-unsaturated/α-hetero) is 1. The number of hydrogen-bond donors (Lipinski definition) is 2. The first-order valence-electron chi connectivity index (χ1n) is 18.5. The maximum atomic E-state index is 15.4. The van der Waals surface area contributed by atoms with Crippen LogP contribution in [0.4, 0.5) is 11.4 Å². The van der Waals surface area contributed by atoms with Gasteiger partial charge in [0.05, 0.1) is 5.41 Å². The van der Waals surface area contributed by atoms with Gasteiger partial charge in [-0.1, -0.05) is 65.7 Å². The third-order valence-corrected chi connectivity index (χ3v) is 14.1. The fourth-order valence-electron chi connectivity index (χ4n) is 11.7. The van der Waals surface area contributed by atoms with E-state index in [1.165, 1.54) is 0 Å². The Kier molecular flexibility index (Phi) is 7.21. The Hall–Kier alpha value is -4.02. The minimum atomic E-state index is -1.27. The molecule has 7 aliphatic rings. The van der Waals surface area contributed by atoms with Crippen LogP contribution >= 0.6 is 23.2 Å². The average Bonchev–Trinajstić information content (AvgIpc) is 3.96. The minimum absolute atomic E-state index is 0.0141. The molecule has 9 nitrogen and oxygen atoms in total. The number of benzene rings is 3. The summed E-state index contributed by atoms with van der Waals surface area (Å²) in [6.45, 7) is 1.69. The number of amides is 3. The molecule has 3 spiro atoms. The zero-order chi connectivity index (χ0) is 35.6. The van der Waals surface area contributed by atoms with Crippen LogP contribution in [0.15, 0.2) is 72.3 Å². The third-order valence-electron chi connectivity index (χ3n) is 13.5. The number of rotatable bonds is 3. The van der Waals surface area contributed by atoms with E-state index in [2.05, 4.69) is 20.4 Å². The van der Waals surface area contributed by atoms with Gasteiger partial charge in [0.25, 0.3) is 5.91 Å². The molecule has 0 aliphatic carbocycles. The predicted molar refractivity (Wildman–Crippen MR) is 199 cm³/mol. The first-order chi connectivity index (χ1) is 25.2. The van der Waals surface area contributed by atoms with Gasteiger partial charge in [-0.15, -0.1) is 0 Å². The average molecular weight is 737 g/mol. The number of ketones is 1. The van der Waals surface area contributed by atoms with Crippen molar-refractivity contribution >= 4 is 64.2 Å². The van der Waals surface area contributed by atoms with Gasteiger partial charge in [0.1, 0.15) is 11.1 Å². The highest BCUT2D eigenvalue weighted by Gasteiger charge is 2.75. The van der Waals surface area contributed by atoms with Crippen LogP contribution in [0.3, 0.4) is 0 Å². The van der Waals surface area contributed by atoms with Gasteiger partial charge in [-0.05, 0) is 87.5 Å². The van der Waals surface area contributed by atoms with Crippen LogP contribution in [0.25, 0.3) is 6.08 Å². The lowest BCUT2D eigenvalue weighted by molar-refractivity contribution is -0.151. The molecule has 5 fully saturated rings. The lowest BCUT2D eigenvalue weighted by Gasteiger charge is -2.50. The quantitative estimate of drug-likeness (QED) is 0.310. The molecule has 5 saturated heterocycles. The number of hydrogen-bond acceptors (Lipinski definition) is 6. The van der Waals surface area contributed by atoms with E-state index >= 15 is 9.59 Å². The van der Waals surface area contributed by atoms with Gasteiger partial charge in [-0.25, -0.2) is 0 Å². The van der Waals surface area contributed by atoms with Gasteiger partial charge >= 0.3 is 0 Å². The summed E-state index contributed by atoms with van der Waals surface area (Å²) in [6, 6.07) is 21.0. The van der Waals surface area contributed by atoms with Crippen molar-refractivity contribution in [2.45, 2.75) is 68.1 Å². The zero-order valence-corrected chi connectivity index (χ0v) is 30.2. The first-order valence-corrected chi connectivity index (χ1v) is 19.3. The summed E-state index contributed by atoms with van der Waals surface area (Å²) < 4.78 is 0. The number of carbonyl (C=O) groups excluding carboxylic acids is 4. The van der Waals surface area contributed by atoms with E-state index in [9.17, 15) is 9.59 Å². The lowest BCUT2D eigenvalue weighted by Crippen LogP contribution is -2.65. The smallest absolute Gasteiger partial charge is 0.250 e. The molecule has 7 aliphatic heterocycles. The highest BCUT2D eigenvalue weighted by Crippen LogP contribution is 2.64. The van der Waals surface area contributed by atoms with Crippen molar-refractivity contribution < 1.29 is 19.2 Å². The minimum Gasteiger partial charge on any atom is -0.337 e. The maximum Gasteiger partial charge on any atom is 0.250 e. The van der Waals surface area contributed by atoms with Crippen LogP contribution in [0, 0.1) is 11.3 Å². The van der Waals surface area contributed by atoms with E-state index < -0.39 is 16.5 Å². The molecule has 3 aromatic carbocycles. The predicted octanol–water partition coefficient (Wildman–Crippen LogP) is 6.21. The summed E-state index contributed by atoms with van der Waals surface area (Å²) in [5.74, 6) is -0.757. The zero-order valence-electron chi connectivity index (χ0n) is 28.7. The van der Waals surface area contributed by atoms with Crippen LogP contribution in [0.5, 0.6) is 0 Å². The van der Waals surface area contributed by atoms with Gasteiger partial charge in [-0.3, -0.25) is 29.0 Å². The molecule has 0 saturated carbocycles. The molecule has 2 N–H and O–H groups in total. The summed E-state index contributed by atoms with van der Waals surface area (Å²) in [7, 11) is 0. The Labute approximate surface area is 312 Å². The second-order valence-electron chi connectivity index (χ2n) is 15.8. The number of anilines is 2. The van der Waals surface area contributed by atoms with Crippen molar-refractivity contribution in [2.24, 2.45) is 11.3 Å². The van der Waals surface area contributed by atoms with Crippen LogP contribution < -0.4 is 10.6 Å². The molecule has 10 rings (SSSR count). The van der Waals surface area contributed by atoms with Crippen LogP contribution in [0.1, 0.15) is 61.6 Å². The normalized spacial score (nSPS) is 34.0. The second-order valence-corrected chi connectivity index (χ2v) is 16.6. The van der Waals surface area contributed by atoms with Crippen molar-refractivity contribution in [3.63, 3.8) is 0 Å². The highest BCUT2D eigenvalue weighted by atomic mass is 35.5. The monoisotopic (exact) mass is 735 g/mol. The molecule has 6 atom stereocenters. The summed E-state index contributed by atoms with van der Waals surface area (Å²) in [6.07, 6.45) is 6.95. The number of nitrogens with zero attached hydrogens (tertiary/aromatic N) is 3. The molecule has 0 aromatic heterocycles. The number of likely N-dealkylation sites (tertiary alicyclic amines) is 1. The van der Waals surface area contributed by atoms with Gasteiger partial charge in [0, 0.05) is 75.6 Å². The lowest BCUT2D eigenvalue weighted by atomic mass is 9.60. The standard InChI is InChI=1S/C41H39Cl2N5O4/c42-27-14-13-24(32(43)20-27)17-25-22-46(35(49)19-26-18-28-7-5-15-47(28)40(26)30-9-1-3-11-33(30)44-37(40)51)23-39(36(25)50)21-29-8-6-16-48(29)41(39)31-10-2-4-12-34(31)45-38(41)52/h1-4,9-14,17,20,26,28-29H,5-8,15-16,18-19,21-23H2,(H,44,51)(H,45,52)/b25-17+/t26-,28-,29-,39+,40-,41+/m1/s1. The largest absolute Gasteiger partial charge is 0.337 e. The number of fused-ring (bicyclic) bond motifs is 9. The molecule has 3 amide bonds.